The molecule has 34 heavy (non-hydrogen) atoms. The van der Waals surface area contributed by atoms with Crippen molar-refractivity contribution in [3.63, 3.8) is 0 Å². The van der Waals surface area contributed by atoms with Crippen LogP contribution in [0, 0.1) is 18.8 Å². The Kier molecular flexibility index (Phi) is 9.06. The Labute approximate surface area is 203 Å². The van der Waals surface area contributed by atoms with Crippen LogP contribution in [-0.2, 0) is 6.54 Å². The first-order valence-electron chi connectivity index (χ1n) is 10.8. The van der Waals surface area contributed by atoms with Crippen molar-refractivity contribution in [3.05, 3.63) is 80.9 Å². The Hall–Kier alpha value is -3.83. The van der Waals surface area contributed by atoms with Gasteiger partial charge in [0.15, 0.2) is 0 Å². The van der Waals surface area contributed by atoms with Gasteiger partial charge >= 0.3 is 0 Å². The predicted molar refractivity (Wildman–Crippen MR) is 132 cm³/mol. The van der Waals surface area contributed by atoms with Crippen molar-refractivity contribution in [2.24, 2.45) is 0 Å². The lowest BCUT2D eigenvalue weighted by Gasteiger charge is -2.10. The summed E-state index contributed by atoms with van der Waals surface area (Å²) in [6.45, 7) is 3.22. The van der Waals surface area contributed by atoms with Gasteiger partial charge in [-0.05, 0) is 18.6 Å². The molecule has 0 saturated heterocycles. The number of benzene rings is 1. The number of rotatable bonds is 9. The summed E-state index contributed by atoms with van der Waals surface area (Å²) < 4.78 is 6.50. The van der Waals surface area contributed by atoms with Gasteiger partial charge in [-0.25, -0.2) is 4.98 Å². The number of amides is 1. The number of aromatic nitrogens is 3. The minimum atomic E-state index is -0.468. The highest BCUT2D eigenvalue weighted by Gasteiger charge is 2.14. The number of ether oxygens (including phenoxy) is 1. The number of hydrogen-bond acceptors (Lipinski definition) is 6. The lowest BCUT2D eigenvalue weighted by atomic mass is 10.1. The number of nitrogens with zero attached hydrogens (tertiary/aromatic N) is 3. The first-order valence-corrected chi connectivity index (χ1v) is 11.1. The number of pyridine rings is 1. The fraction of sp³-hybridized carbons (Fsp3) is 0.280. The number of carbonyl (C=O) groups excluding carboxylic acids is 1. The average molecular weight is 480 g/mol. The Bertz CT molecular complexity index is 1260. The Morgan fingerprint density at radius 1 is 1.18 bits per heavy atom. The van der Waals surface area contributed by atoms with Crippen molar-refractivity contribution in [3.8, 4) is 17.7 Å². The monoisotopic (exact) mass is 479 g/mol. The van der Waals surface area contributed by atoms with Crippen molar-refractivity contribution < 1.29 is 9.53 Å². The van der Waals surface area contributed by atoms with Gasteiger partial charge in [0.05, 0.1) is 18.7 Å². The van der Waals surface area contributed by atoms with Crippen LogP contribution in [-0.4, -0.2) is 40.6 Å². The molecule has 0 bridgehead atoms. The number of nitrogens with one attached hydrogen (secondary N) is 2. The maximum absolute atomic E-state index is 12.8. The van der Waals surface area contributed by atoms with Crippen LogP contribution in [0.15, 0.2) is 53.6 Å². The molecule has 2 N–H and O–H groups in total. The molecule has 0 unspecified atom stereocenters. The Balaban J connectivity index is 1.48. The zero-order valence-electron chi connectivity index (χ0n) is 19.1. The third kappa shape index (κ3) is 7.36. The second kappa shape index (κ2) is 12.4. The van der Waals surface area contributed by atoms with Gasteiger partial charge in [0, 0.05) is 44.4 Å². The lowest BCUT2D eigenvalue weighted by Crippen LogP contribution is -2.33. The summed E-state index contributed by atoms with van der Waals surface area (Å²) in [5.74, 6) is 6.51. The van der Waals surface area contributed by atoms with E-state index in [1.807, 2.05) is 31.2 Å². The van der Waals surface area contributed by atoms with Crippen LogP contribution < -0.4 is 20.9 Å². The molecular weight excluding hydrogens is 454 g/mol. The van der Waals surface area contributed by atoms with E-state index in [0.29, 0.717) is 49.3 Å². The van der Waals surface area contributed by atoms with Gasteiger partial charge in [-0.15, -0.1) is 11.8 Å². The highest BCUT2D eigenvalue weighted by molar-refractivity contribution is 6.30. The first-order chi connectivity index (χ1) is 16.5. The van der Waals surface area contributed by atoms with E-state index in [2.05, 4.69) is 32.4 Å². The Morgan fingerprint density at radius 2 is 1.97 bits per heavy atom. The van der Waals surface area contributed by atoms with Gasteiger partial charge in [-0.2, -0.15) is 4.98 Å². The highest BCUT2D eigenvalue weighted by Crippen LogP contribution is 2.11. The molecule has 176 valence electrons. The topological polar surface area (TPSA) is 98.1 Å². The van der Waals surface area contributed by atoms with E-state index in [-0.39, 0.29) is 11.1 Å². The molecule has 2 aromatic heterocycles. The largest absolute Gasteiger partial charge is 0.481 e. The van der Waals surface area contributed by atoms with E-state index in [0.717, 1.165) is 11.1 Å². The van der Waals surface area contributed by atoms with E-state index in [4.69, 9.17) is 16.3 Å². The first kappa shape index (κ1) is 24.8. The third-order valence-corrected chi connectivity index (χ3v) is 4.97. The van der Waals surface area contributed by atoms with Gasteiger partial charge in [0.2, 0.25) is 11.8 Å². The highest BCUT2D eigenvalue weighted by atomic mass is 35.5. The molecule has 1 amide bonds. The number of hydrogen-bond donors (Lipinski definition) is 2. The van der Waals surface area contributed by atoms with Crippen LogP contribution in [0.1, 0.15) is 34.3 Å². The van der Waals surface area contributed by atoms with Crippen LogP contribution in [0.25, 0.3) is 0 Å². The minimum absolute atomic E-state index is 0.00982. The molecule has 0 saturated carbocycles. The normalized spacial score (nSPS) is 10.2. The lowest BCUT2D eigenvalue weighted by molar-refractivity contribution is 0.0952. The van der Waals surface area contributed by atoms with Gasteiger partial charge in [-0.3, -0.25) is 9.59 Å². The van der Waals surface area contributed by atoms with Crippen LogP contribution in [0.3, 0.4) is 0 Å². The van der Waals surface area contributed by atoms with Crippen LogP contribution >= 0.6 is 11.6 Å². The SMILES string of the molecule is COc1ccnc(NCCC#CCCNC(=O)c2cc(Cl)cn(Cc3cccc(C)c3)c2=O)n1. The zero-order valence-corrected chi connectivity index (χ0v) is 19.9. The molecule has 0 aliphatic rings. The summed E-state index contributed by atoms with van der Waals surface area (Å²) in [6.07, 6.45) is 4.20. The van der Waals surface area contributed by atoms with Crippen molar-refractivity contribution in [2.75, 3.05) is 25.5 Å². The molecule has 0 spiro atoms. The standard InChI is InChI=1S/C25H26ClN5O3/c1-18-8-7-9-19(14-18)16-31-17-20(26)15-21(24(31)33)23(32)27-11-5-3-4-6-12-28-25-29-13-10-22(30-25)34-2/h7-10,13-15,17H,5-6,11-12,16H2,1-2H3,(H,27,32)(H,28,29,30). The average Bonchev–Trinajstić information content (AvgIpc) is 2.83. The van der Waals surface area contributed by atoms with E-state index in [1.165, 1.54) is 10.6 Å². The van der Waals surface area contributed by atoms with Crippen molar-refractivity contribution in [1.82, 2.24) is 19.9 Å². The minimum Gasteiger partial charge on any atom is -0.481 e. The molecule has 2 heterocycles. The fourth-order valence-corrected chi connectivity index (χ4v) is 3.40. The summed E-state index contributed by atoms with van der Waals surface area (Å²) in [5, 5.41) is 6.12. The quantitative estimate of drug-likeness (QED) is 0.361. The molecular formula is C25H26ClN5O3. The number of methoxy groups -OCH3 is 1. The molecule has 0 atom stereocenters. The zero-order chi connectivity index (χ0) is 24.3. The number of halogens is 1. The summed E-state index contributed by atoms with van der Waals surface area (Å²) in [6, 6.07) is 10.9. The van der Waals surface area contributed by atoms with Crippen LogP contribution in [0.5, 0.6) is 5.88 Å². The smallest absolute Gasteiger partial charge is 0.263 e. The Morgan fingerprint density at radius 3 is 2.74 bits per heavy atom. The van der Waals surface area contributed by atoms with E-state index in [1.54, 1.807) is 25.6 Å². The van der Waals surface area contributed by atoms with Crippen molar-refractivity contribution in [1.29, 1.82) is 0 Å². The molecule has 0 aliphatic heterocycles. The molecule has 3 rings (SSSR count). The molecule has 3 aromatic rings. The van der Waals surface area contributed by atoms with E-state index >= 15 is 0 Å². The molecule has 8 nitrogen and oxygen atoms in total. The van der Waals surface area contributed by atoms with Gasteiger partial charge in [0.25, 0.3) is 11.5 Å². The predicted octanol–water partition coefficient (Wildman–Crippen LogP) is 3.28. The van der Waals surface area contributed by atoms with Gasteiger partial charge < -0.3 is 19.9 Å². The summed E-state index contributed by atoms with van der Waals surface area (Å²) >= 11 is 6.17. The number of anilines is 1. The van der Waals surface area contributed by atoms with Crippen molar-refractivity contribution >= 4 is 23.5 Å². The fourth-order valence-electron chi connectivity index (χ4n) is 3.17. The van der Waals surface area contributed by atoms with Crippen molar-refractivity contribution in [2.45, 2.75) is 26.3 Å². The second-order valence-corrected chi connectivity index (χ2v) is 7.89. The molecule has 0 fully saturated rings. The number of aryl methyl sites for hydroxylation is 1. The van der Waals surface area contributed by atoms with Crippen LogP contribution in [0.2, 0.25) is 5.02 Å². The third-order valence-electron chi connectivity index (χ3n) is 4.77. The van der Waals surface area contributed by atoms with E-state index < -0.39 is 5.91 Å². The maximum atomic E-state index is 12.8. The second-order valence-electron chi connectivity index (χ2n) is 7.45. The van der Waals surface area contributed by atoms with Crippen LogP contribution in [0.4, 0.5) is 5.95 Å². The summed E-state index contributed by atoms with van der Waals surface area (Å²) in [7, 11) is 1.55. The summed E-state index contributed by atoms with van der Waals surface area (Å²) in [4.78, 5) is 33.6. The summed E-state index contributed by atoms with van der Waals surface area (Å²) in [5.41, 5.74) is 1.67. The van der Waals surface area contributed by atoms with Gasteiger partial charge in [-0.1, -0.05) is 41.4 Å². The number of carbonyl (C=O) groups is 1. The molecule has 9 heteroatoms. The maximum Gasteiger partial charge on any atom is 0.263 e. The molecule has 0 radical (unpaired) electrons. The molecule has 1 aromatic carbocycles. The van der Waals surface area contributed by atoms with E-state index in [9.17, 15) is 9.59 Å². The van der Waals surface area contributed by atoms with Gasteiger partial charge in [0.1, 0.15) is 5.56 Å². The molecule has 0 aliphatic carbocycles.